The van der Waals surface area contributed by atoms with Crippen LogP contribution < -0.4 is 5.73 Å². The van der Waals surface area contributed by atoms with Gasteiger partial charge in [0.25, 0.3) is 5.91 Å². The second-order valence-electron chi connectivity index (χ2n) is 8.22. The minimum Gasteiger partial charge on any atom is -0.422 e. The molecule has 0 bridgehead atoms. The Hall–Kier alpha value is -3.00. The van der Waals surface area contributed by atoms with Gasteiger partial charge >= 0.3 is 0 Å². The molecule has 8 heteroatoms. The van der Waals surface area contributed by atoms with Crippen molar-refractivity contribution < 1.29 is 18.5 Å². The van der Waals surface area contributed by atoms with Crippen LogP contribution in [0.3, 0.4) is 0 Å². The van der Waals surface area contributed by atoms with E-state index >= 15 is 0 Å². The van der Waals surface area contributed by atoms with E-state index in [4.69, 9.17) is 19.4 Å². The Morgan fingerprint density at radius 1 is 1.17 bits per heavy atom. The molecule has 1 saturated carbocycles. The first kappa shape index (κ1) is 20.3. The van der Waals surface area contributed by atoms with E-state index in [-0.39, 0.29) is 23.6 Å². The molecule has 1 aromatic carbocycles. The Morgan fingerprint density at radius 3 is 2.57 bits per heavy atom. The van der Waals surface area contributed by atoms with E-state index in [0.29, 0.717) is 30.1 Å². The van der Waals surface area contributed by atoms with Gasteiger partial charge in [-0.05, 0) is 31.6 Å². The van der Waals surface area contributed by atoms with Crippen molar-refractivity contribution in [3.05, 3.63) is 53.4 Å². The van der Waals surface area contributed by atoms with E-state index < -0.39 is 5.91 Å². The van der Waals surface area contributed by atoms with E-state index in [1.807, 2.05) is 37.3 Å². The van der Waals surface area contributed by atoms with Crippen LogP contribution in [0.4, 0.5) is 0 Å². The molecular formula is C22H26N4O4. The van der Waals surface area contributed by atoms with E-state index in [1.165, 1.54) is 0 Å². The fraction of sp³-hybridized carbons (Fsp3) is 0.455. The van der Waals surface area contributed by atoms with Gasteiger partial charge in [-0.15, -0.1) is 10.2 Å². The van der Waals surface area contributed by atoms with Crippen molar-refractivity contribution >= 4 is 5.91 Å². The van der Waals surface area contributed by atoms with Crippen LogP contribution in [0.1, 0.15) is 79.4 Å². The molecule has 1 aliphatic rings. The molecule has 1 aliphatic carbocycles. The maximum Gasteiger partial charge on any atom is 0.271 e. The fourth-order valence-electron chi connectivity index (χ4n) is 3.69. The van der Waals surface area contributed by atoms with Gasteiger partial charge in [0.1, 0.15) is 6.10 Å². The maximum atomic E-state index is 11.9. The van der Waals surface area contributed by atoms with Crippen LogP contribution in [0.15, 0.2) is 39.3 Å². The average Bonchev–Trinajstić information content (AvgIpc) is 3.34. The first-order valence-electron chi connectivity index (χ1n) is 10.2. The quantitative estimate of drug-likeness (QED) is 0.591. The molecule has 8 nitrogen and oxygen atoms in total. The topological polar surface area (TPSA) is 117 Å². The Kier molecular flexibility index (Phi) is 5.67. The van der Waals surface area contributed by atoms with Crippen molar-refractivity contribution in [2.75, 3.05) is 6.61 Å². The summed E-state index contributed by atoms with van der Waals surface area (Å²) in [7, 11) is 0. The van der Waals surface area contributed by atoms with Crippen LogP contribution in [0.5, 0.6) is 0 Å². The number of aromatic nitrogens is 3. The van der Waals surface area contributed by atoms with Gasteiger partial charge in [0.05, 0.1) is 0 Å². The van der Waals surface area contributed by atoms with Gasteiger partial charge in [0.2, 0.25) is 11.8 Å². The molecule has 0 aliphatic heterocycles. The van der Waals surface area contributed by atoms with Gasteiger partial charge in [0, 0.05) is 23.7 Å². The predicted octanol–water partition coefficient (Wildman–Crippen LogP) is 4.22. The zero-order chi connectivity index (χ0) is 21.3. The molecule has 0 radical (unpaired) electrons. The van der Waals surface area contributed by atoms with Gasteiger partial charge in [-0.3, -0.25) is 4.79 Å². The van der Waals surface area contributed by atoms with Crippen LogP contribution in [-0.4, -0.2) is 27.9 Å². The molecule has 158 valence electrons. The van der Waals surface area contributed by atoms with Crippen molar-refractivity contribution in [2.24, 2.45) is 11.7 Å². The van der Waals surface area contributed by atoms with Crippen molar-refractivity contribution in [3.63, 3.8) is 0 Å². The molecule has 2 N–H and O–H groups in total. The smallest absolute Gasteiger partial charge is 0.271 e. The fourth-order valence-corrected chi connectivity index (χ4v) is 3.69. The number of hydrogen-bond donors (Lipinski definition) is 1. The first-order chi connectivity index (χ1) is 14.4. The number of benzene rings is 1. The second-order valence-corrected chi connectivity index (χ2v) is 8.22. The Morgan fingerprint density at radius 2 is 1.90 bits per heavy atom. The number of nitrogens with two attached hydrogens (primary N) is 1. The summed E-state index contributed by atoms with van der Waals surface area (Å²) < 4.78 is 17.1. The van der Waals surface area contributed by atoms with Gasteiger partial charge < -0.3 is 19.4 Å². The average molecular weight is 410 g/mol. The van der Waals surface area contributed by atoms with E-state index in [9.17, 15) is 4.79 Å². The zero-order valence-corrected chi connectivity index (χ0v) is 17.4. The summed E-state index contributed by atoms with van der Waals surface area (Å²) in [5.74, 6) is 1.73. The van der Waals surface area contributed by atoms with Gasteiger partial charge in [0.15, 0.2) is 11.5 Å². The first-order valence-corrected chi connectivity index (χ1v) is 10.2. The summed E-state index contributed by atoms with van der Waals surface area (Å²) in [6.45, 7) is 6.73. The number of hydrogen-bond acceptors (Lipinski definition) is 7. The minimum absolute atomic E-state index is 0.0870. The molecule has 3 aromatic rings. The molecule has 0 spiro atoms. The summed E-state index contributed by atoms with van der Waals surface area (Å²) >= 11 is 0. The highest BCUT2D eigenvalue weighted by Gasteiger charge is 2.40. The van der Waals surface area contributed by atoms with Crippen LogP contribution in [0.25, 0.3) is 11.3 Å². The summed E-state index contributed by atoms with van der Waals surface area (Å²) in [5.41, 5.74) is 7.36. The number of amides is 1. The number of carbonyl (C=O) groups is 1. The summed E-state index contributed by atoms with van der Waals surface area (Å²) in [6, 6.07) is 9.60. The lowest BCUT2D eigenvalue weighted by Gasteiger charge is -2.33. The predicted molar refractivity (Wildman–Crippen MR) is 109 cm³/mol. The van der Waals surface area contributed by atoms with Crippen LogP contribution in [-0.2, 0) is 4.74 Å². The highest BCUT2D eigenvalue weighted by Crippen LogP contribution is 2.50. The van der Waals surface area contributed by atoms with Gasteiger partial charge in [-0.25, -0.2) is 0 Å². The number of nitrogens with zero attached hydrogens (tertiary/aromatic N) is 3. The molecule has 2 heterocycles. The lowest BCUT2D eigenvalue weighted by molar-refractivity contribution is 0.0289. The second kappa shape index (κ2) is 8.39. The monoisotopic (exact) mass is 410 g/mol. The lowest BCUT2D eigenvalue weighted by Crippen LogP contribution is -2.24. The maximum absolute atomic E-state index is 11.9. The van der Waals surface area contributed by atoms with Gasteiger partial charge in [-0.2, -0.15) is 0 Å². The molecule has 1 amide bonds. The minimum atomic E-state index is -0.587. The van der Waals surface area contributed by atoms with E-state index in [0.717, 1.165) is 24.0 Å². The molecule has 1 fully saturated rings. The highest BCUT2D eigenvalue weighted by atomic mass is 16.5. The molecular weight excluding hydrogens is 384 g/mol. The molecule has 1 atom stereocenters. The molecule has 4 rings (SSSR count). The standard InChI is InChI=1S/C22H26N4O4/c1-12(2)11-28-13(3)21-24-25-22(29-21)16-9-15(10-16)17-18(20(23)27)26-30-19(17)14-7-5-4-6-8-14/h4-8,12-13,15-16H,9-11H2,1-3H3,(H2,23,27)/t13-,15?,16?/m1/s1. The third-order valence-corrected chi connectivity index (χ3v) is 5.38. The number of primary amides is 1. The van der Waals surface area contributed by atoms with Crippen LogP contribution in [0, 0.1) is 5.92 Å². The Labute approximate surface area is 174 Å². The zero-order valence-electron chi connectivity index (χ0n) is 17.4. The normalized spacial score (nSPS) is 19.6. The van der Waals surface area contributed by atoms with Crippen LogP contribution >= 0.6 is 0 Å². The Balaban J connectivity index is 1.49. The van der Waals surface area contributed by atoms with Crippen molar-refractivity contribution in [1.82, 2.24) is 15.4 Å². The van der Waals surface area contributed by atoms with E-state index in [1.54, 1.807) is 0 Å². The largest absolute Gasteiger partial charge is 0.422 e. The summed E-state index contributed by atoms with van der Waals surface area (Å²) in [6.07, 6.45) is 1.27. The van der Waals surface area contributed by atoms with Crippen molar-refractivity contribution in [2.45, 2.75) is 51.6 Å². The number of ether oxygens (including phenoxy) is 1. The molecule has 2 aromatic heterocycles. The van der Waals surface area contributed by atoms with Gasteiger partial charge in [-0.1, -0.05) is 49.3 Å². The van der Waals surface area contributed by atoms with Crippen molar-refractivity contribution in [3.8, 4) is 11.3 Å². The van der Waals surface area contributed by atoms with Crippen LogP contribution in [0.2, 0.25) is 0 Å². The highest BCUT2D eigenvalue weighted by molar-refractivity contribution is 5.94. The van der Waals surface area contributed by atoms with E-state index in [2.05, 4.69) is 29.2 Å². The summed E-state index contributed by atoms with van der Waals surface area (Å²) in [5, 5.41) is 12.3. The Bertz CT molecular complexity index is 1010. The number of rotatable bonds is 8. The molecule has 30 heavy (non-hydrogen) atoms. The number of carbonyl (C=O) groups excluding carboxylic acids is 1. The molecule has 0 saturated heterocycles. The lowest BCUT2D eigenvalue weighted by atomic mass is 9.70. The third-order valence-electron chi connectivity index (χ3n) is 5.38. The van der Waals surface area contributed by atoms with Crippen molar-refractivity contribution in [1.29, 1.82) is 0 Å². The SMILES string of the molecule is CC(C)CO[C@H](C)c1nnc(C2CC(c3c(C(N)=O)noc3-c3ccccc3)C2)o1. The third kappa shape index (κ3) is 4.00. The molecule has 0 unspecified atom stereocenters. The summed E-state index contributed by atoms with van der Waals surface area (Å²) in [4.78, 5) is 11.9.